The molecule has 2 aliphatic rings. The van der Waals surface area contributed by atoms with Crippen LogP contribution in [0.2, 0.25) is 0 Å². The van der Waals surface area contributed by atoms with E-state index in [2.05, 4.69) is 9.30 Å². The van der Waals surface area contributed by atoms with Crippen LogP contribution in [0.25, 0.3) is 0 Å². The Morgan fingerprint density at radius 1 is 1.11 bits per heavy atom. The molecule has 0 aromatic heterocycles. The molecular weight excluding hydrogens is 367 g/mol. The second kappa shape index (κ2) is 6.96. The van der Waals surface area contributed by atoms with E-state index in [1.54, 1.807) is 19.1 Å². The number of ether oxygens (including phenoxy) is 1. The van der Waals surface area contributed by atoms with Gasteiger partial charge in [-0.25, -0.2) is 12.8 Å². The van der Waals surface area contributed by atoms with Gasteiger partial charge in [-0.3, -0.25) is 0 Å². The Hall–Kier alpha value is -2.41. The number of benzene rings is 2. The quantitative estimate of drug-likeness (QED) is 0.801. The van der Waals surface area contributed by atoms with Crippen LogP contribution in [0.5, 0.6) is 11.5 Å². The number of hydrogen-bond acceptors (Lipinski definition) is 4. The third-order valence-electron chi connectivity index (χ3n) is 5.07. The van der Waals surface area contributed by atoms with E-state index in [4.69, 9.17) is 4.74 Å². The predicted octanol–water partition coefficient (Wildman–Crippen LogP) is 3.85. The van der Waals surface area contributed by atoms with Crippen molar-refractivity contribution < 1.29 is 17.5 Å². The van der Waals surface area contributed by atoms with Crippen LogP contribution in [0.15, 0.2) is 46.9 Å². The molecular formula is C20H21FN2O3S. The second-order valence-electron chi connectivity index (χ2n) is 7.00. The van der Waals surface area contributed by atoms with Crippen molar-refractivity contribution >= 4 is 15.9 Å². The van der Waals surface area contributed by atoms with E-state index >= 15 is 0 Å². The standard InChI is InChI=1S/C20H21FN2O3S/c1-14-4-7-17(13-19(14)21)26-16-8-5-15(6-9-16)18-3-2-10-23-11-12-27(24,25)22-20(18)23/h4-9,13,18H,2-3,10-12H2,1H3/t18-/m0/s1. The van der Waals surface area contributed by atoms with Gasteiger partial charge in [0.15, 0.2) is 0 Å². The molecule has 1 atom stereocenters. The summed E-state index contributed by atoms with van der Waals surface area (Å²) in [6, 6.07) is 12.3. The van der Waals surface area contributed by atoms with Crippen molar-refractivity contribution in [3.05, 3.63) is 59.4 Å². The molecule has 0 unspecified atom stereocenters. The number of hydrogen-bond donors (Lipinski definition) is 0. The lowest BCUT2D eigenvalue weighted by atomic mass is 9.89. The largest absolute Gasteiger partial charge is 0.457 e. The maximum absolute atomic E-state index is 13.7. The summed E-state index contributed by atoms with van der Waals surface area (Å²) in [5.41, 5.74) is 1.58. The lowest BCUT2D eigenvalue weighted by Gasteiger charge is -2.37. The monoisotopic (exact) mass is 388 g/mol. The van der Waals surface area contributed by atoms with Crippen LogP contribution in [0.3, 0.4) is 0 Å². The number of rotatable bonds is 3. The molecule has 7 heteroatoms. The number of aryl methyl sites for hydroxylation is 1. The van der Waals surface area contributed by atoms with Gasteiger partial charge in [-0.2, -0.15) is 0 Å². The molecule has 0 bridgehead atoms. The molecule has 5 nitrogen and oxygen atoms in total. The number of halogens is 1. The Balaban J connectivity index is 1.56. The molecule has 0 spiro atoms. The van der Waals surface area contributed by atoms with Gasteiger partial charge in [-0.05, 0) is 49.1 Å². The predicted molar refractivity (Wildman–Crippen MR) is 102 cm³/mol. The highest BCUT2D eigenvalue weighted by Crippen LogP contribution is 2.33. The van der Waals surface area contributed by atoms with Crippen LogP contribution in [0.1, 0.15) is 29.9 Å². The number of amidine groups is 1. The van der Waals surface area contributed by atoms with Crippen LogP contribution in [-0.4, -0.2) is 38.0 Å². The summed E-state index contributed by atoms with van der Waals surface area (Å²) in [6.45, 7) is 3.07. The zero-order valence-corrected chi connectivity index (χ0v) is 15.9. The van der Waals surface area contributed by atoms with E-state index < -0.39 is 10.0 Å². The number of piperidine rings is 1. The van der Waals surface area contributed by atoms with E-state index in [-0.39, 0.29) is 17.5 Å². The highest BCUT2D eigenvalue weighted by molar-refractivity contribution is 7.90. The highest BCUT2D eigenvalue weighted by Gasteiger charge is 2.33. The maximum atomic E-state index is 13.7. The van der Waals surface area contributed by atoms with E-state index in [9.17, 15) is 12.8 Å². The second-order valence-corrected chi connectivity index (χ2v) is 8.75. The lowest BCUT2D eigenvalue weighted by molar-refractivity contribution is 0.366. The minimum atomic E-state index is -3.36. The first-order chi connectivity index (χ1) is 12.9. The zero-order valence-electron chi connectivity index (χ0n) is 15.1. The van der Waals surface area contributed by atoms with Crippen molar-refractivity contribution in [2.45, 2.75) is 25.7 Å². The highest BCUT2D eigenvalue weighted by atomic mass is 32.2. The van der Waals surface area contributed by atoms with Gasteiger partial charge in [-0.1, -0.05) is 18.2 Å². The van der Waals surface area contributed by atoms with Gasteiger partial charge in [0, 0.05) is 25.1 Å². The van der Waals surface area contributed by atoms with Crippen LogP contribution < -0.4 is 4.74 Å². The molecule has 0 N–H and O–H groups in total. The minimum absolute atomic E-state index is 0.0281. The molecule has 2 heterocycles. The van der Waals surface area contributed by atoms with Crippen LogP contribution in [-0.2, 0) is 10.0 Å². The molecule has 0 aliphatic carbocycles. The molecule has 2 aromatic rings. The van der Waals surface area contributed by atoms with Crippen LogP contribution in [0.4, 0.5) is 4.39 Å². The lowest BCUT2D eigenvalue weighted by Crippen LogP contribution is -2.46. The topological polar surface area (TPSA) is 59.0 Å². The molecule has 4 rings (SSSR count). The van der Waals surface area contributed by atoms with E-state index in [1.807, 2.05) is 24.3 Å². The van der Waals surface area contributed by atoms with Crippen LogP contribution >= 0.6 is 0 Å². The molecule has 0 amide bonds. The molecule has 27 heavy (non-hydrogen) atoms. The number of sulfonamides is 1. The summed E-state index contributed by atoms with van der Waals surface area (Å²) in [4.78, 5) is 2.08. The summed E-state index contributed by atoms with van der Waals surface area (Å²) in [5, 5.41) is 0. The first kappa shape index (κ1) is 18.0. The number of fused-ring (bicyclic) bond motifs is 1. The van der Waals surface area contributed by atoms with E-state index in [0.717, 1.165) is 24.9 Å². The zero-order chi connectivity index (χ0) is 19.0. The smallest absolute Gasteiger partial charge is 0.256 e. The normalized spacial score (nSPS) is 21.3. The number of nitrogens with zero attached hydrogens (tertiary/aromatic N) is 2. The van der Waals surface area contributed by atoms with Crippen molar-refractivity contribution in [3.8, 4) is 11.5 Å². The fourth-order valence-corrected chi connectivity index (χ4v) is 4.64. The van der Waals surface area contributed by atoms with Gasteiger partial charge in [0.25, 0.3) is 10.0 Å². The van der Waals surface area contributed by atoms with Gasteiger partial charge in [0.2, 0.25) is 0 Å². The fraction of sp³-hybridized carbons (Fsp3) is 0.350. The molecule has 2 aliphatic heterocycles. The molecule has 1 saturated heterocycles. The van der Waals surface area contributed by atoms with E-state index in [1.165, 1.54) is 6.07 Å². The van der Waals surface area contributed by atoms with Crippen molar-refractivity contribution in [3.63, 3.8) is 0 Å². The van der Waals surface area contributed by atoms with Crippen LogP contribution in [0, 0.1) is 12.7 Å². The van der Waals surface area contributed by atoms with Crippen molar-refractivity contribution in [1.82, 2.24) is 4.90 Å². The summed E-state index contributed by atoms with van der Waals surface area (Å²) < 4.78 is 47.3. The Bertz CT molecular complexity index is 987. The van der Waals surface area contributed by atoms with Gasteiger partial charge in [0.1, 0.15) is 23.2 Å². The molecule has 142 valence electrons. The van der Waals surface area contributed by atoms with E-state index in [0.29, 0.717) is 29.4 Å². The summed E-state index contributed by atoms with van der Waals surface area (Å²) in [7, 11) is -3.36. The first-order valence-corrected chi connectivity index (χ1v) is 10.6. The van der Waals surface area contributed by atoms with Gasteiger partial charge in [-0.15, -0.1) is 4.40 Å². The van der Waals surface area contributed by atoms with Crippen molar-refractivity contribution in [2.24, 2.45) is 4.40 Å². The summed E-state index contributed by atoms with van der Waals surface area (Å²) >= 11 is 0. The Kier molecular flexibility index (Phi) is 4.63. The molecule has 2 aromatic carbocycles. The average Bonchev–Trinajstić information content (AvgIpc) is 2.64. The third kappa shape index (κ3) is 3.83. The fourth-order valence-electron chi connectivity index (χ4n) is 3.57. The Labute approximate surface area is 158 Å². The summed E-state index contributed by atoms with van der Waals surface area (Å²) in [5.74, 6) is 1.46. The van der Waals surface area contributed by atoms with Gasteiger partial charge in [0.05, 0.1) is 5.75 Å². The molecule has 0 radical (unpaired) electrons. The van der Waals surface area contributed by atoms with Crippen molar-refractivity contribution in [1.29, 1.82) is 0 Å². The minimum Gasteiger partial charge on any atom is -0.457 e. The Morgan fingerprint density at radius 2 is 1.85 bits per heavy atom. The van der Waals surface area contributed by atoms with Gasteiger partial charge < -0.3 is 9.64 Å². The molecule has 1 fully saturated rings. The summed E-state index contributed by atoms with van der Waals surface area (Å²) in [6.07, 6.45) is 1.87. The van der Waals surface area contributed by atoms with Gasteiger partial charge >= 0.3 is 0 Å². The SMILES string of the molecule is Cc1ccc(Oc2ccc([C@@H]3CCCN4CCS(=O)(=O)N=C34)cc2)cc1F. The molecule has 0 saturated carbocycles. The third-order valence-corrected chi connectivity index (χ3v) is 6.23. The average molecular weight is 388 g/mol. The van der Waals surface area contributed by atoms with Crippen molar-refractivity contribution in [2.75, 3.05) is 18.8 Å². The maximum Gasteiger partial charge on any atom is 0.256 e. The first-order valence-electron chi connectivity index (χ1n) is 9.03. The Morgan fingerprint density at radius 3 is 2.59 bits per heavy atom.